The van der Waals surface area contributed by atoms with Gasteiger partial charge in [-0.05, 0) is 43.5 Å². The Bertz CT molecular complexity index is 480. The van der Waals surface area contributed by atoms with E-state index in [1.807, 2.05) is 26.0 Å². The predicted molar refractivity (Wildman–Crippen MR) is 77.5 cm³/mol. The standard InChI is InChI=1S/C13H17BrN2O3/c1-4-10(12(17)18)15-13(19)16-11-7(2)5-9(14)6-8(11)3/h5-6,10H,4H2,1-3H3,(H,17,18)(H2,15,16,19)/t10-/m0/s1. The average Bonchev–Trinajstić information content (AvgIpc) is 2.30. The van der Waals surface area contributed by atoms with Crippen molar-refractivity contribution in [3.05, 3.63) is 27.7 Å². The summed E-state index contributed by atoms with van der Waals surface area (Å²) in [6.45, 7) is 5.46. The number of urea groups is 1. The third kappa shape index (κ3) is 4.24. The van der Waals surface area contributed by atoms with E-state index in [4.69, 9.17) is 5.11 Å². The van der Waals surface area contributed by atoms with Crippen LogP contribution >= 0.6 is 15.9 Å². The first-order chi connectivity index (χ1) is 8.85. The van der Waals surface area contributed by atoms with Crippen molar-refractivity contribution in [1.29, 1.82) is 0 Å². The summed E-state index contributed by atoms with van der Waals surface area (Å²) in [5.41, 5.74) is 2.51. The first-order valence-corrected chi connectivity index (χ1v) is 6.71. The van der Waals surface area contributed by atoms with Crippen molar-refractivity contribution in [2.45, 2.75) is 33.2 Å². The molecule has 3 N–H and O–H groups in total. The number of aliphatic carboxylic acids is 1. The Labute approximate surface area is 120 Å². The SMILES string of the molecule is CC[C@H](NC(=O)Nc1c(C)cc(Br)cc1C)C(=O)O. The summed E-state index contributed by atoms with van der Waals surface area (Å²) in [6, 6.07) is 2.38. The molecular weight excluding hydrogens is 312 g/mol. The minimum Gasteiger partial charge on any atom is -0.480 e. The summed E-state index contributed by atoms with van der Waals surface area (Å²) >= 11 is 3.38. The van der Waals surface area contributed by atoms with Gasteiger partial charge in [0, 0.05) is 10.2 Å². The molecule has 2 amide bonds. The number of rotatable bonds is 4. The summed E-state index contributed by atoms with van der Waals surface area (Å²) in [6.07, 6.45) is 0.334. The van der Waals surface area contributed by atoms with Gasteiger partial charge in [-0.25, -0.2) is 9.59 Å². The molecule has 0 fully saturated rings. The van der Waals surface area contributed by atoms with Crippen molar-refractivity contribution in [3.63, 3.8) is 0 Å². The molecule has 1 rings (SSSR count). The number of benzene rings is 1. The number of aryl methyl sites for hydroxylation is 2. The van der Waals surface area contributed by atoms with Crippen LogP contribution in [0.5, 0.6) is 0 Å². The molecule has 0 aliphatic heterocycles. The number of carboxylic acid groups (broad SMARTS) is 1. The smallest absolute Gasteiger partial charge is 0.326 e. The van der Waals surface area contributed by atoms with Gasteiger partial charge < -0.3 is 15.7 Å². The number of carboxylic acids is 1. The van der Waals surface area contributed by atoms with Crippen molar-refractivity contribution in [1.82, 2.24) is 5.32 Å². The number of hydrogen-bond donors (Lipinski definition) is 3. The molecule has 19 heavy (non-hydrogen) atoms. The first kappa shape index (κ1) is 15.5. The third-order valence-corrected chi connectivity index (χ3v) is 3.21. The minimum atomic E-state index is -1.04. The molecule has 0 aromatic heterocycles. The summed E-state index contributed by atoms with van der Waals surface area (Å²) < 4.78 is 0.936. The third-order valence-electron chi connectivity index (χ3n) is 2.75. The quantitative estimate of drug-likeness (QED) is 0.794. The van der Waals surface area contributed by atoms with Crippen molar-refractivity contribution in [2.24, 2.45) is 0 Å². The van der Waals surface area contributed by atoms with Crippen LogP contribution in [0.2, 0.25) is 0 Å². The van der Waals surface area contributed by atoms with Gasteiger partial charge in [0.2, 0.25) is 0 Å². The van der Waals surface area contributed by atoms with E-state index in [-0.39, 0.29) is 0 Å². The van der Waals surface area contributed by atoms with Gasteiger partial charge in [0.25, 0.3) is 0 Å². The molecule has 1 aromatic rings. The highest BCUT2D eigenvalue weighted by Gasteiger charge is 2.18. The molecule has 1 atom stereocenters. The fourth-order valence-corrected chi connectivity index (χ4v) is 2.44. The molecule has 0 aliphatic carbocycles. The molecule has 1 aromatic carbocycles. The second kappa shape index (κ2) is 6.56. The van der Waals surface area contributed by atoms with Crippen LogP contribution in [0.25, 0.3) is 0 Å². The number of halogens is 1. The van der Waals surface area contributed by atoms with E-state index in [0.717, 1.165) is 15.6 Å². The Morgan fingerprint density at radius 2 is 1.84 bits per heavy atom. The van der Waals surface area contributed by atoms with Crippen molar-refractivity contribution in [3.8, 4) is 0 Å². The Balaban J connectivity index is 2.80. The van der Waals surface area contributed by atoms with Gasteiger partial charge >= 0.3 is 12.0 Å². The van der Waals surface area contributed by atoms with E-state index in [1.165, 1.54) is 0 Å². The van der Waals surface area contributed by atoms with Crippen LogP contribution in [0.15, 0.2) is 16.6 Å². The van der Waals surface area contributed by atoms with Gasteiger partial charge in [-0.15, -0.1) is 0 Å². The van der Waals surface area contributed by atoms with Crippen molar-refractivity contribution in [2.75, 3.05) is 5.32 Å². The fraction of sp³-hybridized carbons (Fsp3) is 0.385. The van der Waals surface area contributed by atoms with E-state index in [0.29, 0.717) is 12.1 Å². The van der Waals surface area contributed by atoms with Crippen molar-refractivity contribution >= 4 is 33.6 Å². The van der Waals surface area contributed by atoms with Gasteiger partial charge in [0.15, 0.2) is 0 Å². The molecule has 5 nitrogen and oxygen atoms in total. The van der Waals surface area contributed by atoms with Gasteiger partial charge in [-0.1, -0.05) is 22.9 Å². The maximum Gasteiger partial charge on any atom is 0.326 e. The topological polar surface area (TPSA) is 78.4 Å². The predicted octanol–water partition coefficient (Wildman–Crippen LogP) is 3.05. The maximum absolute atomic E-state index is 11.8. The summed E-state index contributed by atoms with van der Waals surface area (Å²) in [7, 11) is 0. The zero-order chi connectivity index (χ0) is 14.6. The Hall–Kier alpha value is -1.56. The summed E-state index contributed by atoms with van der Waals surface area (Å²) in [4.78, 5) is 22.6. The highest BCUT2D eigenvalue weighted by Crippen LogP contribution is 2.24. The zero-order valence-corrected chi connectivity index (χ0v) is 12.7. The van der Waals surface area contributed by atoms with E-state index in [2.05, 4.69) is 26.6 Å². The average molecular weight is 329 g/mol. The largest absolute Gasteiger partial charge is 0.480 e. The van der Waals surface area contributed by atoms with Gasteiger partial charge in [-0.3, -0.25) is 0 Å². The number of anilines is 1. The maximum atomic E-state index is 11.8. The second-order valence-corrected chi connectivity index (χ2v) is 5.23. The Morgan fingerprint density at radius 1 is 1.32 bits per heavy atom. The molecule has 104 valence electrons. The van der Waals surface area contributed by atoms with Crippen LogP contribution < -0.4 is 10.6 Å². The number of hydrogen-bond acceptors (Lipinski definition) is 2. The molecule has 0 heterocycles. The van der Waals surface area contributed by atoms with Crippen LogP contribution in [0.4, 0.5) is 10.5 Å². The lowest BCUT2D eigenvalue weighted by atomic mass is 10.1. The summed E-state index contributed by atoms with van der Waals surface area (Å²) in [5.74, 6) is -1.04. The molecule has 0 aliphatic rings. The fourth-order valence-electron chi connectivity index (χ4n) is 1.75. The van der Waals surface area contributed by atoms with E-state index < -0.39 is 18.0 Å². The number of amides is 2. The monoisotopic (exact) mass is 328 g/mol. The first-order valence-electron chi connectivity index (χ1n) is 5.92. The molecule has 0 radical (unpaired) electrons. The second-order valence-electron chi connectivity index (χ2n) is 4.31. The Morgan fingerprint density at radius 3 is 2.26 bits per heavy atom. The summed E-state index contributed by atoms with van der Waals surface area (Å²) in [5, 5.41) is 14.0. The van der Waals surface area contributed by atoms with Crippen molar-refractivity contribution < 1.29 is 14.7 Å². The lowest BCUT2D eigenvalue weighted by Gasteiger charge is -2.16. The lowest BCUT2D eigenvalue weighted by Crippen LogP contribution is -2.42. The van der Waals surface area contributed by atoms with E-state index >= 15 is 0 Å². The molecule has 0 saturated heterocycles. The van der Waals surface area contributed by atoms with Crippen LogP contribution in [0.3, 0.4) is 0 Å². The normalized spacial score (nSPS) is 11.8. The molecule has 0 unspecified atom stereocenters. The van der Waals surface area contributed by atoms with Gasteiger partial charge in [-0.2, -0.15) is 0 Å². The zero-order valence-electron chi connectivity index (χ0n) is 11.1. The van der Waals surface area contributed by atoms with E-state index in [9.17, 15) is 9.59 Å². The van der Waals surface area contributed by atoms with Crippen LogP contribution in [0, 0.1) is 13.8 Å². The molecule has 0 saturated carbocycles. The number of carbonyl (C=O) groups excluding carboxylic acids is 1. The van der Waals surface area contributed by atoms with E-state index in [1.54, 1.807) is 6.92 Å². The Kier molecular flexibility index (Phi) is 5.35. The van der Waals surface area contributed by atoms with Gasteiger partial charge in [0.1, 0.15) is 6.04 Å². The molecule has 0 bridgehead atoms. The minimum absolute atomic E-state index is 0.334. The number of carbonyl (C=O) groups is 2. The highest BCUT2D eigenvalue weighted by atomic mass is 79.9. The van der Waals surface area contributed by atoms with Crippen LogP contribution in [-0.4, -0.2) is 23.1 Å². The number of nitrogens with one attached hydrogen (secondary N) is 2. The van der Waals surface area contributed by atoms with Gasteiger partial charge in [0.05, 0.1) is 0 Å². The molecular formula is C13H17BrN2O3. The van der Waals surface area contributed by atoms with Crippen LogP contribution in [0.1, 0.15) is 24.5 Å². The molecule has 0 spiro atoms. The lowest BCUT2D eigenvalue weighted by molar-refractivity contribution is -0.139. The molecule has 6 heteroatoms. The highest BCUT2D eigenvalue weighted by molar-refractivity contribution is 9.10. The van der Waals surface area contributed by atoms with Crippen LogP contribution in [-0.2, 0) is 4.79 Å².